The molecule has 100 valence electrons. The van der Waals surface area contributed by atoms with Crippen LogP contribution in [0.1, 0.15) is 25.3 Å². The first-order chi connectivity index (χ1) is 9.02. The fraction of sp³-hybridized carbons (Fsp3) is 0.286. The number of aromatic amines is 1. The van der Waals surface area contributed by atoms with Crippen molar-refractivity contribution in [3.05, 3.63) is 40.2 Å². The average Bonchev–Trinajstić information content (AvgIpc) is 2.40. The molecule has 0 amide bonds. The van der Waals surface area contributed by atoms with E-state index in [-0.39, 0.29) is 11.4 Å². The van der Waals surface area contributed by atoms with Gasteiger partial charge in [0.1, 0.15) is 11.6 Å². The molecule has 0 radical (unpaired) electrons. The second kappa shape index (κ2) is 5.14. The molecule has 1 aromatic carbocycles. The molecule has 0 spiro atoms. The molecule has 0 fully saturated rings. The van der Waals surface area contributed by atoms with E-state index in [9.17, 15) is 4.79 Å². The van der Waals surface area contributed by atoms with Gasteiger partial charge in [0.15, 0.2) is 0 Å². The summed E-state index contributed by atoms with van der Waals surface area (Å²) in [5, 5.41) is 6.06. The predicted octanol–water partition coefficient (Wildman–Crippen LogP) is 2.15. The molecule has 0 saturated carbocycles. The number of methoxy groups -OCH3 is 1. The van der Waals surface area contributed by atoms with E-state index in [1.165, 1.54) is 0 Å². The van der Waals surface area contributed by atoms with Crippen LogP contribution in [0.4, 0.5) is 5.82 Å². The molecule has 0 unspecified atom stereocenters. The summed E-state index contributed by atoms with van der Waals surface area (Å²) in [6.45, 7) is 4.19. The summed E-state index contributed by atoms with van der Waals surface area (Å²) >= 11 is 0. The summed E-state index contributed by atoms with van der Waals surface area (Å²) in [5.74, 6) is 1.27. The molecule has 3 N–H and O–H groups in total. The Hall–Kier alpha value is -2.30. The van der Waals surface area contributed by atoms with Crippen LogP contribution in [0.3, 0.4) is 0 Å². The highest BCUT2D eigenvalue weighted by atomic mass is 16.5. The van der Waals surface area contributed by atoms with Crippen LogP contribution in [0.5, 0.6) is 5.75 Å². The lowest BCUT2D eigenvalue weighted by Gasteiger charge is -2.12. The number of benzene rings is 1. The van der Waals surface area contributed by atoms with E-state index in [0.717, 1.165) is 11.1 Å². The van der Waals surface area contributed by atoms with Crippen molar-refractivity contribution in [1.82, 2.24) is 10.2 Å². The quantitative estimate of drug-likeness (QED) is 0.885. The minimum Gasteiger partial charge on any atom is -0.496 e. The van der Waals surface area contributed by atoms with Gasteiger partial charge in [-0.25, -0.2) is 5.10 Å². The van der Waals surface area contributed by atoms with Crippen molar-refractivity contribution in [2.24, 2.45) is 0 Å². The van der Waals surface area contributed by atoms with Crippen LogP contribution in [0.2, 0.25) is 0 Å². The third kappa shape index (κ3) is 2.59. The fourth-order valence-electron chi connectivity index (χ4n) is 1.92. The number of H-pyrrole nitrogens is 1. The van der Waals surface area contributed by atoms with Crippen molar-refractivity contribution in [2.75, 3.05) is 12.8 Å². The maximum atomic E-state index is 11.9. The molecule has 19 heavy (non-hydrogen) atoms. The standard InChI is InChI=1S/C14H17N3O2/c1-8(2)9-4-5-12(19-3)10(6-9)11-7-13(15)16-17-14(11)18/h4-8H,1-3H3,(H2,15,16)(H,17,18). The average molecular weight is 259 g/mol. The number of aromatic nitrogens is 2. The molecule has 5 heteroatoms. The van der Waals surface area contributed by atoms with Crippen LogP contribution in [0.25, 0.3) is 11.1 Å². The van der Waals surface area contributed by atoms with Crippen molar-refractivity contribution in [3.8, 4) is 16.9 Å². The van der Waals surface area contributed by atoms with Gasteiger partial charge in [0.2, 0.25) is 0 Å². The third-order valence-corrected chi connectivity index (χ3v) is 3.00. The Morgan fingerprint density at radius 1 is 1.26 bits per heavy atom. The maximum Gasteiger partial charge on any atom is 0.272 e. The number of rotatable bonds is 3. The Balaban J connectivity index is 2.68. The van der Waals surface area contributed by atoms with Crippen LogP contribution in [-0.4, -0.2) is 17.3 Å². The molecule has 0 aliphatic carbocycles. The molecule has 2 rings (SSSR count). The highest BCUT2D eigenvalue weighted by molar-refractivity contribution is 5.72. The lowest BCUT2D eigenvalue weighted by molar-refractivity contribution is 0.416. The zero-order chi connectivity index (χ0) is 14.0. The van der Waals surface area contributed by atoms with Crippen LogP contribution in [-0.2, 0) is 0 Å². The van der Waals surface area contributed by atoms with Crippen LogP contribution in [0.15, 0.2) is 29.1 Å². The lowest BCUT2D eigenvalue weighted by atomic mass is 9.97. The summed E-state index contributed by atoms with van der Waals surface area (Å²) in [6.07, 6.45) is 0. The fourth-order valence-corrected chi connectivity index (χ4v) is 1.92. The van der Waals surface area contributed by atoms with E-state index in [0.29, 0.717) is 17.2 Å². The number of hydrogen-bond acceptors (Lipinski definition) is 4. The Morgan fingerprint density at radius 3 is 2.63 bits per heavy atom. The highest BCUT2D eigenvalue weighted by Gasteiger charge is 2.12. The minimum atomic E-state index is -0.284. The number of ether oxygens (including phenoxy) is 1. The Labute approximate surface area is 111 Å². The first-order valence-electron chi connectivity index (χ1n) is 6.06. The molecule has 2 aromatic rings. The minimum absolute atomic E-state index is 0.270. The summed E-state index contributed by atoms with van der Waals surface area (Å²) in [4.78, 5) is 11.9. The molecular formula is C14H17N3O2. The smallest absolute Gasteiger partial charge is 0.272 e. The van der Waals surface area contributed by atoms with Crippen LogP contribution < -0.4 is 16.0 Å². The molecular weight excluding hydrogens is 242 g/mol. The SMILES string of the molecule is COc1ccc(C(C)C)cc1-c1cc(N)n[nH]c1=O. The number of nitrogens with two attached hydrogens (primary N) is 1. The summed E-state index contributed by atoms with van der Waals surface area (Å²) < 4.78 is 5.32. The Bertz CT molecular complexity index is 647. The van der Waals surface area contributed by atoms with Gasteiger partial charge in [-0.05, 0) is 29.7 Å². The number of nitrogens with one attached hydrogen (secondary N) is 1. The zero-order valence-corrected chi connectivity index (χ0v) is 11.2. The first kappa shape index (κ1) is 13.1. The van der Waals surface area contributed by atoms with Gasteiger partial charge in [0.05, 0.1) is 12.7 Å². The molecule has 0 saturated heterocycles. The molecule has 0 bridgehead atoms. The first-order valence-corrected chi connectivity index (χ1v) is 6.06. The Kier molecular flexibility index (Phi) is 3.55. The van der Waals surface area contributed by atoms with Gasteiger partial charge in [-0.1, -0.05) is 19.9 Å². The van der Waals surface area contributed by atoms with Gasteiger partial charge in [-0.3, -0.25) is 4.79 Å². The summed E-state index contributed by atoms with van der Waals surface area (Å²) in [6, 6.07) is 7.36. The van der Waals surface area contributed by atoms with Crippen molar-refractivity contribution >= 4 is 5.82 Å². The van der Waals surface area contributed by atoms with Crippen molar-refractivity contribution in [2.45, 2.75) is 19.8 Å². The monoisotopic (exact) mass is 259 g/mol. The highest BCUT2D eigenvalue weighted by Crippen LogP contribution is 2.31. The van der Waals surface area contributed by atoms with E-state index >= 15 is 0 Å². The van der Waals surface area contributed by atoms with E-state index in [4.69, 9.17) is 10.5 Å². The Morgan fingerprint density at radius 2 is 2.00 bits per heavy atom. The molecule has 0 aliphatic rings. The number of anilines is 1. The maximum absolute atomic E-state index is 11.9. The zero-order valence-electron chi connectivity index (χ0n) is 11.2. The van der Waals surface area contributed by atoms with Gasteiger partial charge in [-0.2, -0.15) is 5.10 Å². The summed E-state index contributed by atoms with van der Waals surface area (Å²) in [5.41, 5.74) is 7.67. The summed E-state index contributed by atoms with van der Waals surface area (Å²) in [7, 11) is 1.58. The number of hydrogen-bond donors (Lipinski definition) is 2. The lowest BCUT2D eigenvalue weighted by Crippen LogP contribution is -2.12. The largest absolute Gasteiger partial charge is 0.496 e. The second-order valence-electron chi connectivity index (χ2n) is 4.65. The van der Waals surface area contributed by atoms with Crippen molar-refractivity contribution in [3.63, 3.8) is 0 Å². The van der Waals surface area contributed by atoms with Crippen molar-refractivity contribution in [1.29, 1.82) is 0 Å². The second-order valence-corrected chi connectivity index (χ2v) is 4.65. The number of nitrogen functional groups attached to an aromatic ring is 1. The van der Waals surface area contributed by atoms with Crippen molar-refractivity contribution < 1.29 is 4.74 Å². The van der Waals surface area contributed by atoms with Gasteiger partial charge < -0.3 is 10.5 Å². The van der Waals surface area contributed by atoms with Crippen LogP contribution >= 0.6 is 0 Å². The van der Waals surface area contributed by atoms with Gasteiger partial charge in [-0.15, -0.1) is 0 Å². The van der Waals surface area contributed by atoms with Crippen LogP contribution in [0, 0.1) is 0 Å². The molecule has 0 aliphatic heterocycles. The van der Waals surface area contributed by atoms with Gasteiger partial charge in [0.25, 0.3) is 5.56 Å². The topological polar surface area (TPSA) is 81.0 Å². The van der Waals surface area contributed by atoms with E-state index in [1.54, 1.807) is 13.2 Å². The van der Waals surface area contributed by atoms with Gasteiger partial charge >= 0.3 is 0 Å². The van der Waals surface area contributed by atoms with E-state index in [2.05, 4.69) is 24.0 Å². The molecule has 0 atom stereocenters. The normalized spacial score (nSPS) is 10.7. The molecule has 1 aromatic heterocycles. The molecule has 5 nitrogen and oxygen atoms in total. The van der Waals surface area contributed by atoms with E-state index < -0.39 is 0 Å². The third-order valence-electron chi connectivity index (χ3n) is 3.00. The van der Waals surface area contributed by atoms with E-state index in [1.807, 2.05) is 18.2 Å². The number of nitrogens with zero attached hydrogens (tertiary/aromatic N) is 1. The predicted molar refractivity (Wildman–Crippen MR) is 75.3 cm³/mol. The molecule has 1 heterocycles. The van der Waals surface area contributed by atoms with Gasteiger partial charge in [0, 0.05) is 5.56 Å².